The largest absolute Gasteiger partial charge is 0.373 e. The van der Waals surface area contributed by atoms with E-state index in [2.05, 4.69) is 4.72 Å². The molecule has 3 unspecified atom stereocenters. The molecule has 17 heavy (non-hydrogen) atoms. The van der Waals surface area contributed by atoms with Crippen LogP contribution < -0.4 is 4.72 Å². The summed E-state index contributed by atoms with van der Waals surface area (Å²) in [6, 6.07) is 0.0311. The third-order valence-corrected chi connectivity index (χ3v) is 5.78. The molecule has 1 N–H and O–H groups in total. The summed E-state index contributed by atoms with van der Waals surface area (Å²) in [5.41, 5.74) is 0. The van der Waals surface area contributed by atoms with Gasteiger partial charge in [0.1, 0.15) is 0 Å². The molecule has 3 fully saturated rings. The van der Waals surface area contributed by atoms with Gasteiger partial charge in [-0.15, -0.1) is 0 Å². The molecule has 2 aliphatic carbocycles. The van der Waals surface area contributed by atoms with E-state index < -0.39 is 10.0 Å². The van der Waals surface area contributed by atoms with Crippen LogP contribution in [0, 0.1) is 0 Å². The SMILES string of the molecule is O=S(=O)(NC1CCC2OCCOC2C1)C1CC1. The lowest BCUT2D eigenvalue weighted by molar-refractivity contribution is -0.156. The number of hydrogen-bond donors (Lipinski definition) is 1. The van der Waals surface area contributed by atoms with Gasteiger partial charge in [0.25, 0.3) is 0 Å². The van der Waals surface area contributed by atoms with Crippen molar-refractivity contribution in [3.8, 4) is 0 Å². The number of sulfonamides is 1. The Bertz CT molecular complexity index is 379. The highest BCUT2D eigenvalue weighted by Crippen LogP contribution is 2.31. The summed E-state index contributed by atoms with van der Waals surface area (Å²) in [4.78, 5) is 0. The second-order valence-corrected chi connectivity index (χ2v) is 7.18. The number of hydrogen-bond acceptors (Lipinski definition) is 4. The molecule has 0 amide bonds. The number of fused-ring (bicyclic) bond motifs is 1. The lowest BCUT2D eigenvalue weighted by Crippen LogP contribution is -2.49. The summed E-state index contributed by atoms with van der Waals surface area (Å²) in [5, 5.41) is -0.135. The predicted molar refractivity (Wildman–Crippen MR) is 62.2 cm³/mol. The lowest BCUT2D eigenvalue weighted by Gasteiger charge is -2.38. The average Bonchev–Trinajstić information content (AvgIpc) is 3.12. The number of rotatable bonds is 3. The van der Waals surface area contributed by atoms with Gasteiger partial charge in [0.05, 0.1) is 30.7 Å². The van der Waals surface area contributed by atoms with Crippen LogP contribution in [0.5, 0.6) is 0 Å². The van der Waals surface area contributed by atoms with Crippen molar-refractivity contribution in [3.05, 3.63) is 0 Å². The second-order valence-electron chi connectivity index (χ2n) is 5.19. The van der Waals surface area contributed by atoms with E-state index in [1.54, 1.807) is 0 Å². The lowest BCUT2D eigenvalue weighted by atomic mass is 9.90. The fourth-order valence-corrected chi connectivity index (χ4v) is 4.31. The van der Waals surface area contributed by atoms with Crippen molar-refractivity contribution in [2.24, 2.45) is 0 Å². The normalized spacial score (nSPS) is 38.7. The zero-order valence-electron chi connectivity index (χ0n) is 9.80. The molecule has 2 saturated carbocycles. The van der Waals surface area contributed by atoms with Crippen molar-refractivity contribution >= 4 is 10.0 Å². The summed E-state index contributed by atoms with van der Waals surface area (Å²) in [7, 11) is -3.07. The van der Waals surface area contributed by atoms with Crippen molar-refractivity contribution in [3.63, 3.8) is 0 Å². The molecule has 98 valence electrons. The molecule has 1 aliphatic heterocycles. The highest BCUT2D eigenvalue weighted by atomic mass is 32.2. The van der Waals surface area contributed by atoms with Gasteiger partial charge in [0.15, 0.2) is 0 Å². The summed E-state index contributed by atoms with van der Waals surface area (Å²) >= 11 is 0. The Morgan fingerprint density at radius 2 is 1.65 bits per heavy atom. The smallest absolute Gasteiger partial charge is 0.214 e. The van der Waals surface area contributed by atoms with Crippen molar-refractivity contribution in [1.82, 2.24) is 4.72 Å². The van der Waals surface area contributed by atoms with E-state index in [0.29, 0.717) is 13.2 Å². The van der Waals surface area contributed by atoms with Crippen LogP contribution in [-0.4, -0.2) is 45.1 Å². The Hall–Kier alpha value is -0.170. The zero-order valence-corrected chi connectivity index (χ0v) is 10.6. The van der Waals surface area contributed by atoms with E-state index in [1.165, 1.54) is 0 Å². The van der Waals surface area contributed by atoms with E-state index >= 15 is 0 Å². The van der Waals surface area contributed by atoms with Gasteiger partial charge < -0.3 is 9.47 Å². The molecule has 0 radical (unpaired) electrons. The third kappa shape index (κ3) is 2.65. The summed E-state index contributed by atoms with van der Waals surface area (Å²) < 4.78 is 37.8. The maximum absolute atomic E-state index is 11.8. The van der Waals surface area contributed by atoms with Gasteiger partial charge in [0.2, 0.25) is 10.0 Å². The first-order valence-corrected chi connectivity index (χ1v) is 7.94. The summed E-state index contributed by atoms with van der Waals surface area (Å²) in [5.74, 6) is 0. The molecule has 0 aromatic rings. The van der Waals surface area contributed by atoms with Crippen molar-refractivity contribution in [2.75, 3.05) is 13.2 Å². The minimum atomic E-state index is -3.07. The first-order valence-electron chi connectivity index (χ1n) is 6.39. The Balaban J connectivity index is 1.58. The Labute approximate surface area is 102 Å². The standard InChI is InChI=1S/C11H19NO4S/c13-17(14,9-2-3-9)12-8-1-4-10-11(7-8)16-6-5-15-10/h8-12H,1-7H2. The van der Waals surface area contributed by atoms with Gasteiger partial charge in [-0.25, -0.2) is 13.1 Å². The van der Waals surface area contributed by atoms with Gasteiger partial charge >= 0.3 is 0 Å². The molecular formula is C11H19NO4S. The highest BCUT2D eigenvalue weighted by Gasteiger charge is 2.40. The van der Waals surface area contributed by atoms with Crippen LogP contribution in [0.3, 0.4) is 0 Å². The topological polar surface area (TPSA) is 64.6 Å². The van der Waals surface area contributed by atoms with Crippen LogP contribution in [0.15, 0.2) is 0 Å². The average molecular weight is 261 g/mol. The molecule has 0 spiro atoms. The van der Waals surface area contributed by atoms with E-state index in [0.717, 1.165) is 32.1 Å². The minimum absolute atomic E-state index is 0.0311. The van der Waals surface area contributed by atoms with Gasteiger partial charge in [-0.2, -0.15) is 0 Å². The summed E-state index contributed by atoms with van der Waals surface area (Å²) in [6.45, 7) is 1.29. The van der Waals surface area contributed by atoms with Crippen molar-refractivity contribution in [2.45, 2.75) is 55.6 Å². The maximum atomic E-state index is 11.8. The van der Waals surface area contributed by atoms with Crippen LogP contribution in [0.4, 0.5) is 0 Å². The maximum Gasteiger partial charge on any atom is 0.214 e. The van der Waals surface area contributed by atoms with E-state index in [9.17, 15) is 8.42 Å². The summed E-state index contributed by atoms with van der Waals surface area (Å²) in [6.07, 6.45) is 4.37. The fourth-order valence-electron chi connectivity index (χ4n) is 2.68. The molecule has 5 nitrogen and oxygen atoms in total. The van der Waals surface area contributed by atoms with Crippen LogP contribution >= 0.6 is 0 Å². The quantitative estimate of drug-likeness (QED) is 0.799. The molecule has 3 aliphatic rings. The van der Waals surface area contributed by atoms with E-state index in [-0.39, 0.29) is 23.5 Å². The van der Waals surface area contributed by atoms with E-state index in [4.69, 9.17) is 9.47 Å². The van der Waals surface area contributed by atoms with Gasteiger partial charge in [-0.1, -0.05) is 0 Å². The van der Waals surface area contributed by atoms with Gasteiger partial charge in [-0.05, 0) is 32.1 Å². The molecule has 0 aromatic heterocycles. The Kier molecular flexibility index (Phi) is 3.15. The molecule has 0 bridgehead atoms. The Morgan fingerprint density at radius 3 is 2.35 bits per heavy atom. The number of nitrogens with one attached hydrogen (secondary N) is 1. The van der Waals surface area contributed by atoms with Crippen LogP contribution in [0.2, 0.25) is 0 Å². The predicted octanol–water partition coefficient (Wildman–Crippen LogP) is 0.405. The van der Waals surface area contributed by atoms with Gasteiger partial charge in [0, 0.05) is 6.04 Å². The van der Waals surface area contributed by atoms with Gasteiger partial charge in [-0.3, -0.25) is 0 Å². The fraction of sp³-hybridized carbons (Fsp3) is 1.00. The molecule has 3 rings (SSSR count). The molecule has 6 heteroatoms. The van der Waals surface area contributed by atoms with Crippen LogP contribution in [0.25, 0.3) is 0 Å². The Morgan fingerprint density at radius 1 is 0.941 bits per heavy atom. The van der Waals surface area contributed by atoms with E-state index in [1.807, 2.05) is 0 Å². The van der Waals surface area contributed by atoms with Crippen molar-refractivity contribution < 1.29 is 17.9 Å². The molecule has 1 heterocycles. The second kappa shape index (κ2) is 4.50. The molecule has 3 atom stereocenters. The molecular weight excluding hydrogens is 242 g/mol. The van der Waals surface area contributed by atoms with Crippen LogP contribution in [0.1, 0.15) is 32.1 Å². The molecule has 0 aromatic carbocycles. The minimum Gasteiger partial charge on any atom is -0.373 e. The highest BCUT2D eigenvalue weighted by molar-refractivity contribution is 7.90. The monoisotopic (exact) mass is 261 g/mol. The third-order valence-electron chi connectivity index (χ3n) is 3.77. The first-order chi connectivity index (χ1) is 8.15. The van der Waals surface area contributed by atoms with Crippen LogP contribution in [-0.2, 0) is 19.5 Å². The number of ether oxygens (including phenoxy) is 2. The van der Waals surface area contributed by atoms with Crippen molar-refractivity contribution in [1.29, 1.82) is 0 Å². The zero-order chi connectivity index (χ0) is 11.9. The first kappa shape index (κ1) is 11.9. The molecule has 1 saturated heterocycles.